The van der Waals surface area contributed by atoms with Gasteiger partial charge in [0.1, 0.15) is 17.2 Å². The minimum Gasteiger partial charge on any atom is -0.455 e. The van der Waals surface area contributed by atoms with Crippen molar-refractivity contribution in [3.8, 4) is 23.0 Å². The number of H-pyrrole nitrogens is 1. The Bertz CT molecular complexity index is 1080. The third-order valence-corrected chi connectivity index (χ3v) is 3.97. The van der Waals surface area contributed by atoms with Crippen molar-refractivity contribution >= 4 is 17.3 Å². The lowest BCUT2D eigenvalue weighted by molar-refractivity contribution is 0.112. The first-order valence-electron chi connectivity index (χ1n) is 8.29. The van der Waals surface area contributed by atoms with Gasteiger partial charge in [0.2, 0.25) is 0 Å². The maximum absolute atomic E-state index is 11.5. The van der Waals surface area contributed by atoms with Crippen LogP contribution in [0.3, 0.4) is 0 Å². The smallest absolute Gasteiger partial charge is 0.157 e. The fourth-order valence-corrected chi connectivity index (χ4v) is 2.69. The molecule has 1 N–H and O–H groups in total. The Morgan fingerprint density at radius 1 is 1.15 bits per heavy atom. The number of imidazole rings is 1. The molecular formula is C20H16N4O3. The molecule has 3 aromatic heterocycles. The highest BCUT2D eigenvalue weighted by Crippen LogP contribution is 2.29. The number of fused-ring (bicyclic) bond motifs is 1. The van der Waals surface area contributed by atoms with Crippen LogP contribution in [-0.4, -0.2) is 33.3 Å². The van der Waals surface area contributed by atoms with Crippen molar-refractivity contribution in [1.82, 2.24) is 19.9 Å². The molecule has 0 bridgehead atoms. The number of nitrogens with zero attached hydrogens (tertiary/aromatic N) is 3. The highest BCUT2D eigenvalue weighted by atomic mass is 16.5. The summed E-state index contributed by atoms with van der Waals surface area (Å²) in [5.41, 5.74) is 3.35. The molecule has 0 aliphatic heterocycles. The highest BCUT2D eigenvalue weighted by molar-refractivity contribution is 5.90. The molecule has 0 fully saturated rings. The summed E-state index contributed by atoms with van der Waals surface area (Å²) in [6.45, 7) is 0.426. The maximum Gasteiger partial charge on any atom is 0.157 e. The predicted molar refractivity (Wildman–Crippen MR) is 99.7 cm³/mol. The molecule has 0 unspecified atom stereocenters. The fourth-order valence-electron chi connectivity index (χ4n) is 2.69. The van der Waals surface area contributed by atoms with Crippen LogP contribution in [0.5, 0.6) is 11.5 Å². The van der Waals surface area contributed by atoms with Gasteiger partial charge in [-0.15, -0.1) is 0 Å². The summed E-state index contributed by atoms with van der Waals surface area (Å²) in [4.78, 5) is 27.8. The van der Waals surface area contributed by atoms with E-state index in [0.717, 1.165) is 23.2 Å². The van der Waals surface area contributed by atoms with Crippen LogP contribution in [0.25, 0.3) is 22.6 Å². The van der Waals surface area contributed by atoms with Gasteiger partial charge in [-0.1, -0.05) is 6.07 Å². The molecule has 0 saturated heterocycles. The largest absolute Gasteiger partial charge is 0.455 e. The van der Waals surface area contributed by atoms with Crippen molar-refractivity contribution in [3.05, 3.63) is 66.1 Å². The zero-order valence-corrected chi connectivity index (χ0v) is 14.5. The molecule has 7 nitrogen and oxygen atoms in total. The van der Waals surface area contributed by atoms with Crippen molar-refractivity contribution in [2.45, 2.75) is 6.61 Å². The number of aromatic nitrogens is 4. The Balaban J connectivity index is 1.68. The molecule has 3 heterocycles. The van der Waals surface area contributed by atoms with Gasteiger partial charge in [-0.3, -0.25) is 14.8 Å². The van der Waals surface area contributed by atoms with Crippen LogP contribution in [0.1, 0.15) is 16.1 Å². The van der Waals surface area contributed by atoms with Crippen LogP contribution in [0.4, 0.5) is 0 Å². The van der Waals surface area contributed by atoms with Crippen molar-refractivity contribution in [3.63, 3.8) is 0 Å². The van der Waals surface area contributed by atoms with Gasteiger partial charge in [-0.05, 0) is 30.3 Å². The molecule has 0 radical (unpaired) electrons. The van der Waals surface area contributed by atoms with E-state index in [1.54, 1.807) is 37.7 Å². The minimum atomic E-state index is 0.415. The summed E-state index contributed by atoms with van der Waals surface area (Å²) < 4.78 is 10.9. The van der Waals surface area contributed by atoms with Crippen molar-refractivity contribution in [2.75, 3.05) is 7.11 Å². The average Bonchev–Trinajstić information content (AvgIpc) is 3.12. The zero-order valence-electron chi connectivity index (χ0n) is 14.5. The number of rotatable bonds is 6. The molecule has 0 saturated carbocycles. The second-order valence-corrected chi connectivity index (χ2v) is 5.85. The Kier molecular flexibility index (Phi) is 4.59. The summed E-state index contributed by atoms with van der Waals surface area (Å²) >= 11 is 0. The Morgan fingerprint density at radius 2 is 2.07 bits per heavy atom. The van der Waals surface area contributed by atoms with Crippen molar-refractivity contribution < 1.29 is 14.3 Å². The normalized spacial score (nSPS) is 10.9. The van der Waals surface area contributed by atoms with Gasteiger partial charge in [0, 0.05) is 19.4 Å². The van der Waals surface area contributed by atoms with Gasteiger partial charge in [-0.2, -0.15) is 0 Å². The first-order chi connectivity index (χ1) is 13.3. The van der Waals surface area contributed by atoms with Gasteiger partial charge >= 0.3 is 0 Å². The third-order valence-electron chi connectivity index (χ3n) is 3.97. The SMILES string of the molecule is COCc1ccc(Oc2cc3nc(-c4ccccn4)[nH]c3cc2C=O)cn1. The minimum absolute atomic E-state index is 0.415. The summed E-state index contributed by atoms with van der Waals surface area (Å²) in [6.07, 6.45) is 4.05. The summed E-state index contributed by atoms with van der Waals surface area (Å²) in [5.74, 6) is 1.57. The van der Waals surface area contributed by atoms with E-state index >= 15 is 0 Å². The van der Waals surface area contributed by atoms with Crippen LogP contribution in [0, 0.1) is 0 Å². The van der Waals surface area contributed by atoms with Crippen LogP contribution < -0.4 is 4.74 Å². The standard InChI is InChI=1S/C20H16N4O3/c1-26-12-14-5-6-15(10-22-14)27-19-9-18-17(8-13(19)11-25)23-20(24-18)16-4-2-3-7-21-16/h2-11H,12H2,1H3,(H,23,24). The maximum atomic E-state index is 11.5. The Hall–Kier alpha value is -3.58. The number of carbonyl (C=O) groups is 1. The topological polar surface area (TPSA) is 90.0 Å². The number of aldehydes is 1. The number of methoxy groups -OCH3 is 1. The Labute approximate surface area is 155 Å². The molecule has 0 aliphatic rings. The quantitative estimate of drug-likeness (QED) is 0.526. The molecule has 0 spiro atoms. The van der Waals surface area contributed by atoms with Gasteiger partial charge in [0.05, 0.1) is 35.1 Å². The van der Waals surface area contributed by atoms with E-state index in [4.69, 9.17) is 9.47 Å². The van der Waals surface area contributed by atoms with Crippen molar-refractivity contribution in [1.29, 1.82) is 0 Å². The second-order valence-electron chi connectivity index (χ2n) is 5.85. The summed E-state index contributed by atoms with van der Waals surface area (Å²) in [7, 11) is 1.61. The highest BCUT2D eigenvalue weighted by Gasteiger charge is 2.12. The lowest BCUT2D eigenvalue weighted by atomic mass is 10.2. The van der Waals surface area contributed by atoms with Gasteiger partial charge in [-0.25, -0.2) is 4.98 Å². The lowest BCUT2D eigenvalue weighted by Gasteiger charge is -2.08. The number of hydrogen-bond acceptors (Lipinski definition) is 6. The first kappa shape index (κ1) is 16.9. The van der Waals surface area contributed by atoms with E-state index in [-0.39, 0.29) is 0 Å². The van der Waals surface area contributed by atoms with E-state index < -0.39 is 0 Å². The number of hydrogen-bond donors (Lipinski definition) is 1. The molecule has 4 aromatic rings. The molecule has 0 aliphatic carbocycles. The molecule has 7 heteroatoms. The summed E-state index contributed by atoms with van der Waals surface area (Å²) in [6, 6.07) is 12.6. The van der Waals surface area contributed by atoms with Crippen LogP contribution >= 0.6 is 0 Å². The second kappa shape index (κ2) is 7.35. The fraction of sp³-hybridized carbons (Fsp3) is 0.100. The molecular weight excluding hydrogens is 344 g/mol. The number of carbonyl (C=O) groups excluding carboxylic acids is 1. The molecule has 1 aromatic carbocycles. The van der Waals surface area contributed by atoms with E-state index in [9.17, 15) is 4.79 Å². The lowest BCUT2D eigenvalue weighted by Crippen LogP contribution is -1.94. The van der Waals surface area contributed by atoms with Crippen molar-refractivity contribution in [2.24, 2.45) is 0 Å². The zero-order chi connectivity index (χ0) is 18.6. The molecule has 134 valence electrons. The van der Waals surface area contributed by atoms with E-state index in [0.29, 0.717) is 35.0 Å². The summed E-state index contributed by atoms with van der Waals surface area (Å²) in [5, 5.41) is 0. The molecule has 0 atom stereocenters. The van der Waals surface area contributed by atoms with E-state index in [1.165, 1.54) is 0 Å². The van der Waals surface area contributed by atoms with E-state index in [1.807, 2.05) is 24.3 Å². The monoisotopic (exact) mass is 360 g/mol. The number of benzene rings is 1. The van der Waals surface area contributed by atoms with Gasteiger partial charge in [0.25, 0.3) is 0 Å². The Morgan fingerprint density at radius 3 is 2.78 bits per heavy atom. The molecule has 4 rings (SSSR count). The number of ether oxygens (including phenoxy) is 2. The number of pyridine rings is 2. The van der Waals surface area contributed by atoms with Gasteiger partial charge in [0.15, 0.2) is 12.1 Å². The number of nitrogens with one attached hydrogen (secondary N) is 1. The van der Waals surface area contributed by atoms with Crippen LogP contribution in [0.2, 0.25) is 0 Å². The first-order valence-corrected chi connectivity index (χ1v) is 8.29. The third kappa shape index (κ3) is 3.54. The number of aromatic amines is 1. The average molecular weight is 360 g/mol. The van der Waals surface area contributed by atoms with Gasteiger partial charge < -0.3 is 14.5 Å². The van der Waals surface area contributed by atoms with Crippen LogP contribution in [-0.2, 0) is 11.3 Å². The van der Waals surface area contributed by atoms with E-state index in [2.05, 4.69) is 19.9 Å². The molecule has 0 amide bonds. The van der Waals surface area contributed by atoms with Crippen LogP contribution in [0.15, 0.2) is 54.9 Å². The predicted octanol–water partition coefficient (Wildman–Crippen LogP) is 3.77. The molecule has 27 heavy (non-hydrogen) atoms.